The highest BCUT2D eigenvalue weighted by molar-refractivity contribution is 5.88. The predicted octanol–water partition coefficient (Wildman–Crippen LogP) is 4.99. The Morgan fingerprint density at radius 1 is 1.03 bits per heavy atom. The van der Waals surface area contributed by atoms with E-state index < -0.39 is 11.4 Å². The van der Waals surface area contributed by atoms with E-state index in [4.69, 9.17) is 14.2 Å². The summed E-state index contributed by atoms with van der Waals surface area (Å²) < 4.78 is 17.3. The highest BCUT2D eigenvalue weighted by Gasteiger charge is 2.36. The number of carboxylic acids is 1. The number of carbonyl (C=O) groups is 2. The van der Waals surface area contributed by atoms with Gasteiger partial charge in [0.25, 0.3) is 0 Å². The molecular formula is C29H29NO6. The molecule has 0 saturated carbocycles. The van der Waals surface area contributed by atoms with Gasteiger partial charge in [-0.05, 0) is 60.9 Å². The van der Waals surface area contributed by atoms with E-state index in [0.29, 0.717) is 24.5 Å². The standard InChI is InChI=1S/C29H29NO6/c1-29(2,20-8-11-24-19(14-20)12-13-35-24)28(33)30-23-16-25(17-4-6-18(7-5-17)27(31)32)36-26-15-21(34-3)9-10-22(23)26/h4-11,14-15,23,25H,12-13,16H2,1-3H3,(H,30,33)(H,31,32)/t23-,25-/m1/s1. The molecule has 0 aliphatic carbocycles. The van der Waals surface area contributed by atoms with Crippen LogP contribution in [0.2, 0.25) is 0 Å². The Morgan fingerprint density at radius 2 is 1.81 bits per heavy atom. The number of nitrogens with one attached hydrogen (secondary N) is 1. The third-order valence-electron chi connectivity index (χ3n) is 7.13. The minimum absolute atomic E-state index is 0.0880. The van der Waals surface area contributed by atoms with Gasteiger partial charge in [-0.2, -0.15) is 0 Å². The highest BCUT2D eigenvalue weighted by Crippen LogP contribution is 2.43. The van der Waals surface area contributed by atoms with Crippen LogP contribution in [-0.2, 0) is 16.6 Å². The van der Waals surface area contributed by atoms with Crippen molar-refractivity contribution >= 4 is 11.9 Å². The summed E-state index contributed by atoms with van der Waals surface area (Å²) in [7, 11) is 1.59. The fourth-order valence-corrected chi connectivity index (χ4v) is 4.80. The van der Waals surface area contributed by atoms with Gasteiger partial charge < -0.3 is 24.6 Å². The summed E-state index contributed by atoms with van der Waals surface area (Å²) in [6, 6.07) is 17.9. The number of fused-ring (bicyclic) bond motifs is 2. The molecule has 2 N–H and O–H groups in total. The molecule has 2 aliphatic heterocycles. The van der Waals surface area contributed by atoms with Crippen LogP contribution in [0, 0.1) is 0 Å². The lowest BCUT2D eigenvalue weighted by molar-refractivity contribution is -0.126. The van der Waals surface area contributed by atoms with Gasteiger partial charge in [-0.3, -0.25) is 4.79 Å². The lowest BCUT2D eigenvalue weighted by Crippen LogP contribution is -2.43. The first-order chi connectivity index (χ1) is 17.3. The summed E-state index contributed by atoms with van der Waals surface area (Å²) in [6.45, 7) is 4.52. The molecule has 3 aromatic rings. The van der Waals surface area contributed by atoms with Crippen molar-refractivity contribution in [3.05, 3.63) is 88.5 Å². The van der Waals surface area contributed by atoms with E-state index in [1.165, 1.54) is 0 Å². The third-order valence-corrected chi connectivity index (χ3v) is 7.13. The van der Waals surface area contributed by atoms with Gasteiger partial charge in [0, 0.05) is 24.5 Å². The third kappa shape index (κ3) is 4.37. The molecule has 1 amide bonds. The maximum atomic E-state index is 13.7. The Kier molecular flexibility index (Phi) is 6.08. The van der Waals surface area contributed by atoms with E-state index >= 15 is 0 Å². The second kappa shape index (κ2) is 9.22. The number of benzene rings is 3. The van der Waals surface area contributed by atoms with Gasteiger partial charge in [-0.25, -0.2) is 4.79 Å². The van der Waals surface area contributed by atoms with Crippen molar-refractivity contribution in [1.82, 2.24) is 5.32 Å². The Morgan fingerprint density at radius 3 is 2.53 bits per heavy atom. The molecule has 36 heavy (non-hydrogen) atoms. The van der Waals surface area contributed by atoms with Crippen molar-refractivity contribution in [3.8, 4) is 17.2 Å². The van der Waals surface area contributed by atoms with Crippen LogP contribution in [-0.4, -0.2) is 30.7 Å². The smallest absolute Gasteiger partial charge is 0.335 e. The fraction of sp³-hybridized carbons (Fsp3) is 0.310. The maximum absolute atomic E-state index is 13.7. The van der Waals surface area contributed by atoms with Gasteiger partial charge >= 0.3 is 5.97 Å². The zero-order chi connectivity index (χ0) is 25.4. The summed E-state index contributed by atoms with van der Waals surface area (Å²) in [5.41, 5.74) is 3.23. The first kappa shape index (κ1) is 23.7. The number of carboxylic acid groups (broad SMARTS) is 1. The Labute approximate surface area is 210 Å². The SMILES string of the molecule is COc1ccc2c(c1)O[C@@H](c1ccc(C(=O)O)cc1)C[C@H]2NC(=O)C(C)(C)c1ccc2c(c1)CCO2. The topological polar surface area (TPSA) is 94.1 Å². The second-order valence-corrected chi connectivity index (χ2v) is 9.75. The van der Waals surface area contributed by atoms with Crippen LogP contribution >= 0.6 is 0 Å². The number of hydrogen-bond acceptors (Lipinski definition) is 5. The molecule has 0 radical (unpaired) electrons. The van der Waals surface area contributed by atoms with Crippen molar-refractivity contribution in [3.63, 3.8) is 0 Å². The molecule has 2 aliphatic rings. The van der Waals surface area contributed by atoms with E-state index in [1.807, 2.05) is 44.2 Å². The van der Waals surface area contributed by atoms with E-state index in [9.17, 15) is 14.7 Å². The summed E-state index contributed by atoms with van der Waals surface area (Å²) in [5.74, 6) is 1.10. The van der Waals surface area contributed by atoms with E-state index in [1.54, 1.807) is 31.4 Å². The number of amides is 1. The molecule has 0 bridgehead atoms. The van der Waals surface area contributed by atoms with Crippen molar-refractivity contribution in [2.24, 2.45) is 0 Å². The molecule has 0 unspecified atom stereocenters. The van der Waals surface area contributed by atoms with Crippen LogP contribution in [0.1, 0.15) is 65.0 Å². The first-order valence-electron chi connectivity index (χ1n) is 12.0. The summed E-state index contributed by atoms with van der Waals surface area (Å²) in [5, 5.41) is 12.5. The second-order valence-electron chi connectivity index (χ2n) is 9.75. The van der Waals surface area contributed by atoms with E-state index in [0.717, 1.165) is 34.4 Å². The van der Waals surface area contributed by atoms with Crippen LogP contribution < -0.4 is 19.5 Å². The average molecular weight is 488 g/mol. The molecule has 7 heteroatoms. The van der Waals surface area contributed by atoms with Crippen LogP contribution in [0.3, 0.4) is 0 Å². The number of aromatic carboxylic acids is 1. The Bertz CT molecular complexity index is 1310. The lowest BCUT2D eigenvalue weighted by atomic mass is 9.82. The van der Waals surface area contributed by atoms with E-state index in [-0.39, 0.29) is 23.6 Å². The van der Waals surface area contributed by atoms with Crippen LogP contribution in [0.5, 0.6) is 17.2 Å². The van der Waals surface area contributed by atoms with Crippen LogP contribution in [0.15, 0.2) is 60.7 Å². The first-order valence-corrected chi connectivity index (χ1v) is 12.0. The molecule has 0 fully saturated rings. The maximum Gasteiger partial charge on any atom is 0.335 e. The Balaban J connectivity index is 1.43. The average Bonchev–Trinajstić information content (AvgIpc) is 3.36. The number of methoxy groups -OCH3 is 1. The van der Waals surface area contributed by atoms with Crippen molar-refractivity contribution in [2.75, 3.05) is 13.7 Å². The molecule has 0 saturated heterocycles. The molecule has 0 aromatic heterocycles. The Hall–Kier alpha value is -4.00. The van der Waals surface area contributed by atoms with Gasteiger partial charge in [-0.1, -0.05) is 24.3 Å². The molecule has 7 nitrogen and oxygen atoms in total. The van der Waals surface area contributed by atoms with Gasteiger partial charge in [0.05, 0.1) is 30.7 Å². The molecule has 5 rings (SSSR count). The minimum atomic E-state index is -0.980. The quantitative estimate of drug-likeness (QED) is 0.509. The summed E-state index contributed by atoms with van der Waals surface area (Å²) in [4.78, 5) is 24.9. The minimum Gasteiger partial charge on any atom is -0.497 e. The molecule has 2 atom stereocenters. The van der Waals surface area contributed by atoms with Crippen molar-refractivity contribution < 1.29 is 28.9 Å². The van der Waals surface area contributed by atoms with Gasteiger partial charge in [0.2, 0.25) is 5.91 Å². The van der Waals surface area contributed by atoms with Crippen LogP contribution in [0.25, 0.3) is 0 Å². The van der Waals surface area contributed by atoms with Gasteiger partial charge in [0.15, 0.2) is 0 Å². The zero-order valence-corrected chi connectivity index (χ0v) is 20.5. The predicted molar refractivity (Wildman–Crippen MR) is 134 cm³/mol. The van der Waals surface area contributed by atoms with Gasteiger partial charge in [-0.15, -0.1) is 0 Å². The lowest BCUT2D eigenvalue weighted by Gasteiger charge is -2.35. The van der Waals surface area contributed by atoms with Crippen molar-refractivity contribution in [1.29, 1.82) is 0 Å². The molecule has 2 heterocycles. The van der Waals surface area contributed by atoms with Crippen molar-refractivity contribution in [2.45, 2.75) is 44.2 Å². The monoisotopic (exact) mass is 487 g/mol. The number of ether oxygens (including phenoxy) is 3. The number of carbonyl (C=O) groups excluding carboxylic acids is 1. The largest absolute Gasteiger partial charge is 0.497 e. The normalized spacial score (nSPS) is 18.3. The molecule has 186 valence electrons. The number of rotatable bonds is 6. The fourth-order valence-electron chi connectivity index (χ4n) is 4.80. The van der Waals surface area contributed by atoms with E-state index in [2.05, 4.69) is 11.4 Å². The molecule has 0 spiro atoms. The number of hydrogen-bond donors (Lipinski definition) is 2. The molecular weight excluding hydrogens is 458 g/mol. The summed E-state index contributed by atoms with van der Waals surface area (Å²) in [6.07, 6.45) is 0.988. The molecule has 3 aromatic carbocycles. The summed E-state index contributed by atoms with van der Waals surface area (Å²) >= 11 is 0. The highest BCUT2D eigenvalue weighted by atomic mass is 16.5. The van der Waals surface area contributed by atoms with Gasteiger partial charge in [0.1, 0.15) is 23.4 Å². The zero-order valence-electron chi connectivity index (χ0n) is 20.5. The van der Waals surface area contributed by atoms with Crippen LogP contribution in [0.4, 0.5) is 0 Å².